The first-order valence-corrected chi connectivity index (χ1v) is 13.0. The number of benzene rings is 4. The van der Waals surface area contributed by atoms with Gasteiger partial charge in [0.15, 0.2) is 11.6 Å². The normalized spacial score (nSPS) is 15.9. The molecular weight excluding hydrogens is 547 g/mol. The van der Waals surface area contributed by atoms with E-state index in [1.807, 2.05) is 0 Å². The molecule has 42 heavy (non-hydrogen) atoms. The third-order valence-corrected chi connectivity index (χ3v) is 7.07. The number of methoxy groups -OCH3 is 1. The zero-order chi connectivity index (χ0) is 29.8. The Hall–Kier alpha value is -4.96. The van der Waals surface area contributed by atoms with Gasteiger partial charge in [-0.05, 0) is 65.7 Å². The number of nitrogens with one attached hydrogen (secondary N) is 2. The maximum absolute atomic E-state index is 14.2. The Morgan fingerprint density at radius 1 is 0.952 bits per heavy atom. The van der Waals surface area contributed by atoms with Gasteiger partial charge < -0.3 is 20.5 Å². The summed E-state index contributed by atoms with van der Waals surface area (Å²) in [5, 5.41) is 15.8. The number of rotatable bonds is 8. The summed E-state index contributed by atoms with van der Waals surface area (Å²) < 4.78 is 46.9. The van der Waals surface area contributed by atoms with Crippen LogP contribution in [0.25, 0.3) is 0 Å². The molecule has 0 saturated heterocycles. The van der Waals surface area contributed by atoms with Crippen molar-refractivity contribution in [3.8, 4) is 5.75 Å². The molecule has 4 aromatic carbocycles. The van der Waals surface area contributed by atoms with Gasteiger partial charge in [0, 0.05) is 17.0 Å². The Morgan fingerprint density at radius 2 is 1.64 bits per heavy atom. The summed E-state index contributed by atoms with van der Waals surface area (Å²) >= 11 is 0. The van der Waals surface area contributed by atoms with Crippen LogP contribution in [-0.2, 0) is 9.59 Å². The Morgan fingerprint density at radius 3 is 2.31 bits per heavy atom. The second kappa shape index (κ2) is 12.3. The van der Waals surface area contributed by atoms with Crippen LogP contribution in [0.4, 0.5) is 18.9 Å². The minimum atomic E-state index is -1.41. The number of ether oxygens (including phenoxy) is 1. The average Bonchev–Trinajstić information content (AvgIpc) is 3.14. The highest BCUT2D eigenvalue weighted by molar-refractivity contribution is 6.19. The van der Waals surface area contributed by atoms with Crippen molar-refractivity contribution in [2.75, 3.05) is 19.0 Å². The minimum Gasteiger partial charge on any atom is -0.497 e. The number of carbonyl (C=O) groups excluding carboxylic acids is 2. The molecule has 0 saturated carbocycles. The molecule has 0 fully saturated rings. The van der Waals surface area contributed by atoms with Gasteiger partial charge in [-0.2, -0.15) is 0 Å². The molecule has 4 aromatic rings. The van der Waals surface area contributed by atoms with Crippen molar-refractivity contribution in [1.82, 2.24) is 5.32 Å². The lowest BCUT2D eigenvalue weighted by Gasteiger charge is -2.27. The molecular formula is C32H26F3N3O4. The number of para-hydroxylation sites is 1. The predicted octanol–water partition coefficient (Wildman–Crippen LogP) is 4.90. The van der Waals surface area contributed by atoms with E-state index in [0.29, 0.717) is 28.3 Å². The number of amides is 2. The van der Waals surface area contributed by atoms with Crippen molar-refractivity contribution in [2.45, 2.75) is 18.0 Å². The van der Waals surface area contributed by atoms with E-state index in [-0.39, 0.29) is 11.1 Å². The van der Waals surface area contributed by atoms with E-state index >= 15 is 0 Å². The Bertz CT molecular complexity index is 1640. The van der Waals surface area contributed by atoms with Gasteiger partial charge in [-0.15, -0.1) is 0 Å². The van der Waals surface area contributed by atoms with Crippen LogP contribution < -0.4 is 15.4 Å². The Kier molecular flexibility index (Phi) is 8.35. The summed E-state index contributed by atoms with van der Waals surface area (Å²) in [6.45, 7) is -0.636. The summed E-state index contributed by atoms with van der Waals surface area (Å²) in [6.07, 6.45) is -1.41. The van der Waals surface area contributed by atoms with Gasteiger partial charge in [0.1, 0.15) is 11.6 Å². The number of benzodiazepines with no additional fused rings is 1. The van der Waals surface area contributed by atoms with Crippen molar-refractivity contribution in [1.29, 1.82) is 0 Å². The van der Waals surface area contributed by atoms with E-state index in [0.717, 1.165) is 24.3 Å². The fraction of sp³-hybridized carbons (Fsp3) is 0.156. The highest BCUT2D eigenvalue weighted by Crippen LogP contribution is 2.34. The topological polar surface area (TPSA) is 100 Å². The van der Waals surface area contributed by atoms with Gasteiger partial charge in [0.05, 0.1) is 31.0 Å². The zero-order valence-corrected chi connectivity index (χ0v) is 22.4. The molecule has 10 heteroatoms. The molecule has 1 heterocycles. The fourth-order valence-corrected chi connectivity index (χ4v) is 4.94. The van der Waals surface area contributed by atoms with E-state index in [1.54, 1.807) is 55.6 Å². The van der Waals surface area contributed by atoms with Gasteiger partial charge in [-0.1, -0.05) is 36.4 Å². The smallest absolute Gasteiger partial charge is 0.269 e. The second-order valence-electron chi connectivity index (χ2n) is 9.64. The number of fused-ring (bicyclic) bond motifs is 1. The maximum Gasteiger partial charge on any atom is 0.269 e. The molecule has 0 spiro atoms. The van der Waals surface area contributed by atoms with E-state index in [4.69, 9.17) is 4.74 Å². The van der Waals surface area contributed by atoms with Gasteiger partial charge in [0.2, 0.25) is 12.1 Å². The van der Waals surface area contributed by atoms with E-state index in [2.05, 4.69) is 15.6 Å². The van der Waals surface area contributed by atoms with Crippen LogP contribution in [0.2, 0.25) is 0 Å². The fourth-order valence-electron chi connectivity index (χ4n) is 4.94. The van der Waals surface area contributed by atoms with Gasteiger partial charge in [0.25, 0.3) is 5.91 Å². The second-order valence-corrected chi connectivity index (χ2v) is 9.64. The minimum absolute atomic E-state index is 0.140. The van der Waals surface area contributed by atoms with E-state index < -0.39 is 53.9 Å². The molecule has 214 valence electrons. The van der Waals surface area contributed by atoms with Crippen molar-refractivity contribution in [3.05, 3.63) is 131 Å². The summed E-state index contributed by atoms with van der Waals surface area (Å²) in [4.78, 5) is 31.9. The van der Waals surface area contributed by atoms with Crippen molar-refractivity contribution in [2.24, 2.45) is 4.99 Å². The lowest BCUT2D eigenvalue weighted by Crippen LogP contribution is -2.45. The zero-order valence-electron chi connectivity index (χ0n) is 22.4. The highest BCUT2D eigenvalue weighted by atomic mass is 19.2. The third-order valence-electron chi connectivity index (χ3n) is 7.07. The number of carbonyl (C=O) groups is 2. The number of aliphatic hydroxyl groups is 1. The lowest BCUT2D eigenvalue weighted by molar-refractivity contribution is -0.127. The molecule has 0 aromatic heterocycles. The molecule has 7 nitrogen and oxygen atoms in total. The largest absolute Gasteiger partial charge is 0.497 e. The number of aliphatic imine (C=N–C) groups is 1. The van der Waals surface area contributed by atoms with Crippen LogP contribution in [-0.4, -0.2) is 42.5 Å². The maximum atomic E-state index is 14.2. The first-order chi connectivity index (χ1) is 20.3. The van der Waals surface area contributed by atoms with Gasteiger partial charge >= 0.3 is 0 Å². The van der Waals surface area contributed by atoms with E-state index in [9.17, 15) is 27.9 Å². The SMILES string of the molecule is COc1ccc(C2=NC(NC(=O)[C@H](c3ccc(F)cc3)[C@@H](CO)c3ccc(F)c(F)c3)C(=O)Nc3ccccc32)cc1. The average molecular weight is 574 g/mol. The predicted molar refractivity (Wildman–Crippen MR) is 151 cm³/mol. The number of anilines is 1. The van der Waals surface area contributed by atoms with Gasteiger partial charge in [-0.3, -0.25) is 9.59 Å². The van der Waals surface area contributed by atoms with Crippen molar-refractivity contribution < 1.29 is 32.6 Å². The molecule has 3 atom stereocenters. The number of aliphatic hydroxyl groups excluding tert-OH is 1. The molecule has 0 aliphatic carbocycles. The first-order valence-electron chi connectivity index (χ1n) is 13.0. The van der Waals surface area contributed by atoms with Crippen LogP contribution in [0.3, 0.4) is 0 Å². The van der Waals surface area contributed by atoms with E-state index in [1.165, 1.54) is 18.2 Å². The molecule has 3 N–H and O–H groups in total. The lowest BCUT2D eigenvalue weighted by atomic mass is 9.81. The molecule has 0 bridgehead atoms. The molecule has 0 radical (unpaired) electrons. The van der Waals surface area contributed by atoms with Crippen LogP contribution in [0.5, 0.6) is 5.75 Å². The summed E-state index contributed by atoms with van der Waals surface area (Å²) in [5.41, 5.74) is 2.62. The number of hydrogen-bond acceptors (Lipinski definition) is 5. The standard InChI is InChI=1S/C32H26F3N3O4/c1-42-22-13-8-19(9-14-22)29-23-4-2-3-5-27(23)36-32(41)30(37-29)38-31(40)28(18-6-11-21(33)12-7-18)24(17-39)20-10-15-25(34)26(35)16-20/h2-16,24,28,30,39H,17H2,1H3,(H,36,41)(H,38,40)/t24-,28+,30?/m0/s1. The molecule has 1 aliphatic heterocycles. The van der Waals surface area contributed by atoms with Crippen molar-refractivity contribution >= 4 is 23.2 Å². The summed E-state index contributed by atoms with van der Waals surface area (Å²) in [7, 11) is 1.54. The molecule has 1 aliphatic rings. The highest BCUT2D eigenvalue weighted by Gasteiger charge is 2.35. The van der Waals surface area contributed by atoms with Crippen LogP contribution in [0.1, 0.15) is 34.1 Å². The Labute approximate surface area is 239 Å². The molecule has 5 rings (SSSR count). The summed E-state index contributed by atoms with van der Waals surface area (Å²) in [5.74, 6) is -5.83. The monoisotopic (exact) mass is 573 g/mol. The van der Waals surface area contributed by atoms with Crippen molar-refractivity contribution in [3.63, 3.8) is 0 Å². The summed E-state index contributed by atoms with van der Waals surface area (Å²) in [6, 6.07) is 22.1. The number of halogens is 3. The first kappa shape index (κ1) is 28.6. The van der Waals surface area contributed by atoms with Gasteiger partial charge in [-0.25, -0.2) is 18.2 Å². The number of nitrogens with zero attached hydrogens (tertiary/aromatic N) is 1. The molecule has 1 unspecified atom stereocenters. The third kappa shape index (κ3) is 5.89. The van der Waals surface area contributed by atoms with Crippen LogP contribution in [0, 0.1) is 17.5 Å². The quantitative estimate of drug-likeness (QED) is 0.279. The number of hydrogen-bond donors (Lipinski definition) is 3. The Balaban J connectivity index is 1.55. The molecule has 2 amide bonds. The van der Waals surface area contributed by atoms with Crippen LogP contribution >= 0.6 is 0 Å². The van der Waals surface area contributed by atoms with Crippen LogP contribution in [0.15, 0.2) is 96.0 Å².